The van der Waals surface area contributed by atoms with Crippen molar-refractivity contribution in [1.82, 2.24) is 29.4 Å². The maximum absolute atomic E-state index is 15.3. The Labute approximate surface area is 348 Å². The Morgan fingerprint density at radius 2 is 1.04 bits per heavy atom. The summed E-state index contributed by atoms with van der Waals surface area (Å²) in [6, 6.07) is 10.8. The highest BCUT2D eigenvalue weighted by Crippen LogP contribution is 2.33. The van der Waals surface area contributed by atoms with Crippen molar-refractivity contribution in [2.75, 3.05) is 76.4 Å². The quantitative estimate of drug-likeness (QED) is 0.142. The molecular weight excluding hydrogens is 971 g/mol. The van der Waals surface area contributed by atoms with E-state index in [0.717, 1.165) is 67.1 Å². The van der Waals surface area contributed by atoms with Crippen molar-refractivity contribution < 1.29 is 14.3 Å². The average molecular weight is 1010 g/mol. The summed E-state index contributed by atoms with van der Waals surface area (Å²) >= 11 is 27.4. The molecule has 0 N–H and O–H groups in total. The molecule has 2 aliphatic heterocycles. The molecule has 0 spiro atoms. The summed E-state index contributed by atoms with van der Waals surface area (Å²) in [4.78, 5) is 24.5. The zero-order valence-corrected chi connectivity index (χ0v) is 37.1. The van der Waals surface area contributed by atoms with Gasteiger partial charge in [0.05, 0.1) is 69.8 Å². The first kappa shape index (κ1) is 39.8. The van der Waals surface area contributed by atoms with Gasteiger partial charge in [-0.15, -0.1) is 0 Å². The molecule has 0 aliphatic carbocycles. The number of hydrogen-bond acceptors (Lipinski definition) is 9. The standard InChI is InChI=1S/C35H40Br4Cl2N8O3/c1-21-31(36)34(38)48(42-21)19-27(46-13-9-44(10-14-46)23-5-7-25(40)29(17-23)51-3)33(50)28(20-49-35(39)32(37)22(2)43-49)47-15-11-45(12-16-47)24-6-8-26(41)30(18-24)52-4/h5-8,17-18,27-28H,9-16,19-20H2,1-4H3. The van der Waals surface area contributed by atoms with E-state index in [1.165, 1.54) is 0 Å². The molecule has 2 unspecified atom stereocenters. The van der Waals surface area contributed by atoms with Crippen LogP contribution in [0.25, 0.3) is 0 Å². The average Bonchev–Trinajstić information content (AvgIpc) is 3.55. The molecule has 2 atom stereocenters. The van der Waals surface area contributed by atoms with Gasteiger partial charge in [-0.3, -0.25) is 24.0 Å². The fraction of sp³-hybridized carbons (Fsp3) is 0.457. The van der Waals surface area contributed by atoms with Gasteiger partial charge in [0, 0.05) is 75.9 Å². The fourth-order valence-electron chi connectivity index (χ4n) is 6.90. The van der Waals surface area contributed by atoms with Crippen LogP contribution in [0.2, 0.25) is 10.0 Å². The highest BCUT2D eigenvalue weighted by atomic mass is 79.9. The lowest BCUT2D eigenvalue weighted by molar-refractivity contribution is -0.131. The van der Waals surface area contributed by atoms with E-state index in [0.29, 0.717) is 60.8 Å². The summed E-state index contributed by atoms with van der Waals surface area (Å²) in [5, 5.41) is 10.8. The minimum atomic E-state index is -0.452. The smallest absolute Gasteiger partial charge is 0.170 e. The molecule has 17 heteroatoms. The van der Waals surface area contributed by atoms with Crippen molar-refractivity contribution in [2.24, 2.45) is 0 Å². The lowest BCUT2D eigenvalue weighted by Gasteiger charge is -2.43. The Morgan fingerprint density at radius 3 is 1.35 bits per heavy atom. The second kappa shape index (κ2) is 17.3. The van der Waals surface area contributed by atoms with Crippen LogP contribution in [0.3, 0.4) is 0 Å². The normalized spacial score (nSPS) is 17.0. The third-order valence-electron chi connectivity index (χ3n) is 9.85. The number of methoxy groups -OCH3 is 2. The molecule has 2 aromatic heterocycles. The maximum atomic E-state index is 15.3. The Morgan fingerprint density at radius 1 is 0.673 bits per heavy atom. The van der Waals surface area contributed by atoms with Crippen molar-refractivity contribution in [1.29, 1.82) is 0 Å². The number of anilines is 2. The summed E-state index contributed by atoms with van der Waals surface area (Å²) in [6.07, 6.45) is 0. The van der Waals surface area contributed by atoms with Gasteiger partial charge < -0.3 is 19.3 Å². The number of Topliss-reactive ketones (excluding diaryl/α,β-unsaturated/α-hetero) is 1. The van der Waals surface area contributed by atoms with Crippen molar-refractivity contribution in [3.05, 3.63) is 76.0 Å². The summed E-state index contributed by atoms with van der Waals surface area (Å²) in [5.74, 6) is 1.42. The van der Waals surface area contributed by atoms with Crippen LogP contribution in [0, 0.1) is 13.8 Å². The van der Waals surface area contributed by atoms with Gasteiger partial charge in [0.15, 0.2) is 5.78 Å². The SMILES string of the molecule is COc1cc(N2CCN(C(Cn3nc(C)c(Br)c3Br)C(=O)C(Cn3nc(C)c(Br)c3Br)N3CCN(c4ccc(Cl)c(OC)c4)CC3)CC2)ccc1Cl. The number of halogens is 6. The van der Waals surface area contributed by atoms with Crippen molar-refractivity contribution in [2.45, 2.75) is 39.0 Å². The van der Waals surface area contributed by atoms with Crippen molar-refractivity contribution in [3.63, 3.8) is 0 Å². The fourth-order valence-corrected chi connectivity index (χ4v) is 8.88. The predicted octanol–water partition coefficient (Wildman–Crippen LogP) is 7.72. The van der Waals surface area contributed by atoms with Gasteiger partial charge in [-0.25, -0.2) is 0 Å². The predicted molar refractivity (Wildman–Crippen MR) is 221 cm³/mol. The monoisotopic (exact) mass is 1010 g/mol. The largest absolute Gasteiger partial charge is 0.495 e. The van der Waals surface area contributed by atoms with E-state index in [1.807, 2.05) is 59.6 Å². The second-order valence-electron chi connectivity index (χ2n) is 12.9. The van der Waals surface area contributed by atoms with Gasteiger partial charge in [-0.2, -0.15) is 10.2 Å². The zero-order chi connectivity index (χ0) is 37.3. The van der Waals surface area contributed by atoms with Crippen LogP contribution in [0.1, 0.15) is 11.4 Å². The van der Waals surface area contributed by atoms with Crippen LogP contribution in [0.15, 0.2) is 54.6 Å². The number of aryl methyl sites for hydroxylation is 2. The maximum Gasteiger partial charge on any atom is 0.170 e. The van der Waals surface area contributed by atoms with Gasteiger partial charge in [-0.1, -0.05) is 23.2 Å². The number of piperazine rings is 2. The van der Waals surface area contributed by atoms with Crippen LogP contribution in [-0.2, 0) is 17.9 Å². The van der Waals surface area contributed by atoms with Crippen LogP contribution >= 0.6 is 86.9 Å². The van der Waals surface area contributed by atoms with E-state index < -0.39 is 12.1 Å². The lowest BCUT2D eigenvalue weighted by atomic mass is 9.99. The van der Waals surface area contributed by atoms with E-state index in [2.05, 4.69) is 83.3 Å². The Hall–Kier alpha value is -1.85. The van der Waals surface area contributed by atoms with Gasteiger partial charge in [0.1, 0.15) is 20.7 Å². The molecule has 4 heterocycles. The molecule has 2 aromatic carbocycles. The third-order valence-corrected chi connectivity index (χ3v) is 15.0. The first-order valence-electron chi connectivity index (χ1n) is 16.9. The molecule has 2 fully saturated rings. The Balaban J connectivity index is 1.29. The lowest BCUT2D eigenvalue weighted by Crippen LogP contribution is -2.61. The Kier molecular flexibility index (Phi) is 13.3. The number of ether oxygens (including phenoxy) is 2. The number of carbonyl (C=O) groups is 1. The number of rotatable bonds is 12. The molecule has 0 amide bonds. The van der Waals surface area contributed by atoms with Crippen LogP contribution in [0.4, 0.5) is 11.4 Å². The summed E-state index contributed by atoms with van der Waals surface area (Å²) in [7, 11) is 3.25. The molecule has 2 aliphatic rings. The third kappa shape index (κ3) is 8.51. The molecule has 280 valence electrons. The van der Waals surface area contributed by atoms with E-state index in [1.54, 1.807) is 14.2 Å². The van der Waals surface area contributed by atoms with Crippen molar-refractivity contribution in [3.8, 4) is 11.5 Å². The van der Waals surface area contributed by atoms with Crippen LogP contribution in [0.5, 0.6) is 11.5 Å². The molecule has 0 bridgehead atoms. The van der Waals surface area contributed by atoms with Gasteiger partial charge in [0.2, 0.25) is 0 Å². The molecule has 0 radical (unpaired) electrons. The number of ketones is 1. The number of benzene rings is 2. The van der Waals surface area contributed by atoms with Crippen LogP contribution in [-0.4, -0.2) is 114 Å². The highest BCUT2D eigenvalue weighted by Gasteiger charge is 2.39. The first-order valence-corrected chi connectivity index (χ1v) is 20.8. The van der Waals surface area contributed by atoms with Gasteiger partial charge >= 0.3 is 0 Å². The molecule has 4 aromatic rings. The number of carbonyl (C=O) groups excluding carboxylic acids is 1. The van der Waals surface area contributed by atoms with E-state index in [4.69, 9.17) is 42.9 Å². The van der Waals surface area contributed by atoms with Crippen molar-refractivity contribution >= 4 is 104 Å². The minimum Gasteiger partial charge on any atom is -0.495 e. The van der Waals surface area contributed by atoms with E-state index in [9.17, 15) is 0 Å². The summed E-state index contributed by atoms with van der Waals surface area (Å²) in [6.45, 7) is 10.4. The van der Waals surface area contributed by atoms with E-state index in [-0.39, 0.29) is 5.78 Å². The number of nitrogens with zero attached hydrogens (tertiary/aromatic N) is 8. The van der Waals surface area contributed by atoms with Gasteiger partial charge in [0.25, 0.3) is 0 Å². The van der Waals surface area contributed by atoms with E-state index >= 15 is 4.79 Å². The molecule has 11 nitrogen and oxygen atoms in total. The summed E-state index contributed by atoms with van der Waals surface area (Å²) in [5.41, 5.74) is 3.78. The molecule has 0 saturated carbocycles. The topological polar surface area (TPSA) is 84.1 Å². The summed E-state index contributed by atoms with van der Waals surface area (Å²) < 4.78 is 18.2. The number of aromatic nitrogens is 4. The molecule has 2 saturated heterocycles. The number of hydrogen-bond donors (Lipinski definition) is 0. The zero-order valence-electron chi connectivity index (χ0n) is 29.3. The highest BCUT2D eigenvalue weighted by molar-refractivity contribution is 9.13. The molecular formula is C35H40Br4Cl2N8O3. The minimum absolute atomic E-state index is 0.135. The van der Waals surface area contributed by atoms with Crippen LogP contribution < -0.4 is 19.3 Å². The first-order chi connectivity index (χ1) is 24.9. The Bertz CT molecular complexity index is 1780. The second-order valence-corrected chi connectivity index (χ2v) is 16.8. The molecule has 52 heavy (non-hydrogen) atoms. The van der Waals surface area contributed by atoms with Gasteiger partial charge in [-0.05, 0) is 102 Å². The molecule has 6 rings (SSSR count).